The number of hydrogen-bond donors (Lipinski definition) is 1. The SMILES string of the molecule is Cc1cc(=O)oc2cc(OCC(=O)Nc3cc(C(F)(F)F)ccc3-n3cncn3)ccc12. The number of alkyl halides is 3. The molecule has 0 saturated carbocycles. The minimum Gasteiger partial charge on any atom is -0.484 e. The molecule has 0 aliphatic carbocycles. The number of carbonyl (C=O) groups is 1. The van der Waals surface area contributed by atoms with Crippen molar-refractivity contribution < 1.29 is 27.1 Å². The Morgan fingerprint density at radius 1 is 1.19 bits per heavy atom. The molecule has 2 aromatic heterocycles. The van der Waals surface area contributed by atoms with E-state index >= 15 is 0 Å². The molecule has 4 rings (SSSR count). The number of ether oxygens (including phenoxy) is 1. The number of amides is 1. The molecule has 0 radical (unpaired) electrons. The molecule has 8 nitrogen and oxygen atoms in total. The highest BCUT2D eigenvalue weighted by atomic mass is 19.4. The van der Waals surface area contributed by atoms with E-state index in [-0.39, 0.29) is 17.1 Å². The van der Waals surface area contributed by atoms with Gasteiger partial charge in [-0.1, -0.05) is 0 Å². The van der Waals surface area contributed by atoms with Crippen LogP contribution < -0.4 is 15.7 Å². The van der Waals surface area contributed by atoms with Crippen molar-refractivity contribution in [1.82, 2.24) is 14.8 Å². The van der Waals surface area contributed by atoms with E-state index in [1.807, 2.05) is 0 Å². The highest BCUT2D eigenvalue weighted by Crippen LogP contribution is 2.33. The standard InChI is InChI=1S/C21H15F3N4O4/c1-12-6-20(30)32-18-8-14(3-4-15(12)18)31-9-19(29)27-16-7-13(21(22,23)24)2-5-17(16)28-11-25-10-26-28/h2-8,10-11H,9H2,1H3,(H,27,29). The Hall–Kier alpha value is -4.15. The van der Waals surface area contributed by atoms with Gasteiger partial charge in [0.2, 0.25) is 0 Å². The van der Waals surface area contributed by atoms with Crippen molar-refractivity contribution in [2.24, 2.45) is 0 Å². The van der Waals surface area contributed by atoms with Crippen LogP contribution in [0.3, 0.4) is 0 Å². The maximum Gasteiger partial charge on any atom is 0.416 e. The van der Waals surface area contributed by atoms with Crippen LogP contribution in [-0.2, 0) is 11.0 Å². The van der Waals surface area contributed by atoms with Crippen LogP contribution in [0.4, 0.5) is 18.9 Å². The summed E-state index contributed by atoms with van der Waals surface area (Å²) in [5, 5.41) is 7.01. The van der Waals surface area contributed by atoms with E-state index < -0.39 is 29.9 Å². The molecular weight excluding hydrogens is 429 g/mol. The zero-order chi connectivity index (χ0) is 22.9. The van der Waals surface area contributed by atoms with E-state index in [9.17, 15) is 22.8 Å². The summed E-state index contributed by atoms with van der Waals surface area (Å²) in [6.07, 6.45) is -2.09. The van der Waals surface area contributed by atoms with E-state index in [1.54, 1.807) is 19.1 Å². The molecule has 4 aromatic rings. The summed E-state index contributed by atoms with van der Waals surface area (Å²) in [7, 11) is 0. The lowest BCUT2D eigenvalue weighted by Crippen LogP contribution is -2.21. The van der Waals surface area contributed by atoms with Crippen LogP contribution in [0.2, 0.25) is 0 Å². The van der Waals surface area contributed by atoms with Crippen LogP contribution in [0.1, 0.15) is 11.1 Å². The van der Waals surface area contributed by atoms with E-state index in [2.05, 4.69) is 15.4 Å². The minimum atomic E-state index is -4.59. The van der Waals surface area contributed by atoms with Gasteiger partial charge < -0.3 is 14.5 Å². The van der Waals surface area contributed by atoms with E-state index in [4.69, 9.17) is 9.15 Å². The van der Waals surface area contributed by atoms with Gasteiger partial charge in [0, 0.05) is 17.5 Å². The van der Waals surface area contributed by atoms with Gasteiger partial charge in [0.15, 0.2) is 6.61 Å². The van der Waals surface area contributed by atoms with Crippen molar-refractivity contribution in [1.29, 1.82) is 0 Å². The fourth-order valence-electron chi connectivity index (χ4n) is 3.08. The van der Waals surface area contributed by atoms with Crippen molar-refractivity contribution in [3.8, 4) is 11.4 Å². The smallest absolute Gasteiger partial charge is 0.416 e. The lowest BCUT2D eigenvalue weighted by Gasteiger charge is -2.14. The number of carbonyl (C=O) groups excluding carboxylic acids is 1. The molecule has 0 spiro atoms. The van der Waals surface area contributed by atoms with E-state index in [0.717, 1.165) is 17.7 Å². The van der Waals surface area contributed by atoms with Crippen molar-refractivity contribution in [2.75, 3.05) is 11.9 Å². The van der Waals surface area contributed by atoms with Crippen LogP contribution in [0.5, 0.6) is 5.75 Å². The lowest BCUT2D eigenvalue weighted by atomic mass is 10.1. The van der Waals surface area contributed by atoms with Gasteiger partial charge in [0.05, 0.1) is 16.9 Å². The fraction of sp³-hybridized carbons (Fsp3) is 0.143. The molecule has 32 heavy (non-hydrogen) atoms. The highest BCUT2D eigenvalue weighted by Gasteiger charge is 2.31. The number of benzene rings is 2. The Morgan fingerprint density at radius 2 is 2.00 bits per heavy atom. The number of nitrogens with zero attached hydrogens (tertiary/aromatic N) is 3. The Bertz CT molecular complexity index is 1350. The molecule has 1 N–H and O–H groups in total. The molecular formula is C21H15F3N4O4. The molecule has 11 heteroatoms. The first-order valence-electron chi connectivity index (χ1n) is 9.24. The summed E-state index contributed by atoms with van der Waals surface area (Å²) in [5.41, 5.74) is -0.344. The number of hydrogen-bond acceptors (Lipinski definition) is 6. The number of rotatable bonds is 5. The van der Waals surface area contributed by atoms with Gasteiger partial charge in [0.25, 0.3) is 5.91 Å². The third kappa shape index (κ3) is 4.46. The first-order valence-corrected chi connectivity index (χ1v) is 9.24. The molecule has 0 atom stereocenters. The average Bonchev–Trinajstić information content (AvgIpc) is 3.26. The predicted molar refractivity (Wildman–Crippen MR) is 108 cm³/mol. The van der Waals surface area contributed by atoms with Crippen molar-refractivity contribution in [2.45, 2.75) is 13.1 Å². The molecule has 0 unspecified atom stereocenters. The monoisotopic (exact) mass is 444 g/mol. The minimum absolute atomic E-state index is 0.112. The largest absolute Gasteiger partial charge is 0.484 e. The van der Waals surface area contributed by atoms with Crippen molar-refractivity contribution in [3.05, 3.63) is 76.7 Å². The van der Waals surface area contributed by atoms with Crippen molar-refractivity contribution >= 4 is 22.6 Å². The van der Waals surface area contributed by atoms with Crippen molar-refractivity contribution in [3.63, 3.8) is 0 Å². The summed E-state index contributed by atoms with van der Waals surface area (Å²) in [4.78, 5) is 27.7. The molecule has 0 fully saturated rings. The number of aryl methyl sites for hydroxylation is 1. The van der Waals surface area contributed by atoms with Crippen LogP contribution in [0.25, 0.3) is 16.7 Å². The summed E-state index contributed by atoms with van der Waals surface area (Å²) in [6.45, 7) is 1.27. The third-order valence-electron chi connectivity index (χ3n) is 4.56. The highest BCUT2D eigenvalue weighted by molar-refractivity contribution is 5.94. The quantitative estimate of drug-likeness (QED) is 0.471. The number of halogens is 3. The first-order chi connectivity index (χ1) is 15.2. The number of anilines is 1. The summed E-state index contributed by atoms with van der Waals surface area (Å²) < 4.78 is 51.2. The van der Waals surface area contributed by atoms with Crippen LogP contribution in [0, 0.1) is 6.92 Å². The first kappa shape index (κ1) is 21.1. The second-order valence-electron chi connectivity index (χ2n) is 6.81. The normalized spacial score (nSPS) is 11.5. The molecule has 0 aliphatic heterocycles. The zero-order valence-electron chi connectivity index (χ0n) is 16.5. The van der Waals surface area contributed by atoms with E-state index in [1.165, 1.54) is 35.5 Å². The molecule has 0 aliphatic rings. The molecule has 0 bridgehead atoms. The predicted octanol–water partition coefficient (Wildman–Crippen LogP) is 3.72. The molecule has 0 saturated heterocycles. The number of nitrogens with one attached hydrogen (secondary N) is 1. The maximum atomic E-state index is 13.1. The Balaban J connectivity index is 1.54. The van der Waals surface area contributed by atoms with Crippen LogP contribution in [-0.4, -0.2) is 27.3 Å². The fourth-order valence-corrected chi connectivity index (χ4v) is 3.08. The molecule has 164 valence electrons. The number of fused-ring (bicyclic) bond motifs is 1. The van der Waals surface area contributed by atoms with Gasteiger partial charge in [-0.2, -0.15) is 18.3 Å². The Kier molecular flexibility index (Phi) is 5.39. The topological polar surface area (TPSA) is 99.2 Å². The molecule has 2 aromatic carbocycles. The maximum absolute atomic E-state index is 13.1. The van der Waals surface area contributed by atoms with Gasteiger partial charge >= 0.3 is 11.8 Å². The molecule has 2 heterocycles. The Labute approximate surface area is 178 Å². The Morgan fingerprint density at radius 3 is 2.72 bits per heavy atom. The second kappa shape index (κ2) is 8.17. The number of aromatic nitrogens is 3. The van der Waals surface area contributed by atoms with Gasteiger partial charge in [-0.05, 0) is 42.8 Å². The second-order valence-corrected chi connectivity index (χ2v) is 6.81. The van der Waals surface area contributed by atoms with Gasteiger partial charge in [-0.3, -0.25) is 4.79 Å². The van der Waals surface area contributed by atoms with Gasteiger partial charge in [0.1, 0.15) is 24.0 Å². The lowest BCUT2D eigenvalue weighted by molar-refractivity contribution is -0.137. The van der Waals surface area contributed by atoms with Gasteiger partial charge in [-0.15, -0.1) is 0 Å². The molecule has 1 amide bonds. The summed E-state index contributed by atoms with van der Waals surface area (Å²) in [6, 6.07) is 8.96. The van der Waals surface area contributed by atoms with E-state index in [0.29, 0.717) is 11.0 Å². The average molecular weight is 444 g/mol. The summed E-state index contributed by atoms with van der Waals surface area (Å²) >= 11 is 0. The van der Waals surface area contributed by atoms with Gasteiger partial charge in [-0.25, -0.2) is 14.5 Å². The van der Waals surface area contributed by atoms with Crippen LogP contribution in [0.15, 0.2) is 64.3 Å². The third-order valence-corrected chi connectivity index (χ3v) is 4.56. The zero-order valence-corrected chi connectivity index (χ0v) is 16.5. The summed E-state index contributed by atoms with van der Waals surface area (Å²) in [5.74, 6) is -0.446. The van der Waals surface area contributed by atoms with Crippen LogP contribution >= 0.6 is 0 Å².